The molecule has 1 fully saturated rings. The molecule has 0 aromatic heterocycles. The van der Waals surface area contributed by atoms with Crippen LogP contribution in [0.3, 0.4) is 0 Å². The molecule has 1 aromatic rings. The smallest absolute Gasteiger partial charge is 0.244 e. The molecule has 0 bridgehead atoms. The number of hydrogen-bond acceptors (Lipinski definition) is 2. The highest BCUT2D eigenvalue weighted by Crippen LogP contribution is 2.16. The number of carbonyl (C=O) groups is 1. The van der Waals surface area contributed by atoms with Gasteiger partial charge in [0.2, 0.25) is 5.91 Å². The average molecular weight is 300 g/mol. The molecule has 0 unspecified atom stereocenters. The number of carbonyl (C=O) groups excluding carboxylic acids is 1. The fourth-order valence-corrected chi connectivity index (χ4v) is 1.75. The summed E-state index contributed by atoms with van der Waals surface area (Å²) < 4.78 is 19.0. The zero-order chi connectivity index (χ0) is 12.3. The Hall–Kier alpha value is -1.20. The van der Waals surface area contributed by atoms with E-state index in [2.05, 4.69) is 21.2 Å². The van der Waals surface area contributed by atoms with Crippen LogP contribution in [-0.4, -0.2) is 25.2 Å². The van der Waals surface area contributed by atoms with Gasteiger partial charge in [0.25, 0.3) is 0 Å². The molecule has 0 aliphatic carbocycles. The van der Waals surface area contributed by atoms with Crippen LogP contribution in [0.2, 0.25) is 0 Å². The maximum absolute atomic E-state index is 13.3. The highest BCUT2D eigenvalue weighted by atomic mass is 79.9. The van der Waals surface area contributed by atoms with Gasteiger partial charge in [-0.25, -0.2) is 4.39 Å². The second kappa shape index (κ2) is 5.42. The molecule has 2 rings (SSSR count). The van der Waals surface area contributed by atoms with Crippen LogP contribution in [0.5, 0.6) is 0 Å². The van der Waals surface area contributed by atoms with Crippen LogP contribution in [-0.2, 0) is 9.53 Å². The molecule has 0 atom stereocenters. The van der Waals surface area contributed by atoms with Gasteiger partial charge in [-0.05, 0) is 24.3 Å². The van der Waals surface area contributed by atoms with Crippen molar-refractivity contribution in [3.05, 3.63) is 40.1 Å². The van der Waals surface area contributed by atoms with E-state index in [1.807, 2.05) is 0 Å². The first-order valence-electron chi connectivity index (χ1n) is 5.16. The number of ether oxygens (including phenoxy) is 1. The predicted molar refractivity (Wildman–Crippen MR) is 65.9 cm³/mol. The van der Waals surface area contributed by atoms with Gasteiger partial charge in [-0.15, -0.1) is 0 Å². The third-order valence-electron chi connectivity index (χ3n) is 2.36. The van der Waals surface area contributed by atoms with Gasteiger partial charge in [0, 0.05) is 16.1 Å². The lowest BCUT2D eigenvalue weighted by molar-refractivity contribution is -0.120. The zero-order valence-corrected chi connectivity index (χ0v) is 10.5. The lowest BCUT2D eigenvalue weighted by Crippen LogP contribution is -2.48. The normalized spacial score (nSPS) is 15.9. The van der Waals surface area contributed by atoms with Crippen molar-refractivity contribution >= 4 is 27.9 Å². The van der Waals surface area contributed by atoms with Gasteiger partial charge in [-0.3, -0.25) is 4.79 Å². The van der Waals surface area contributed by atoms with Crippen molar-refractivity contribution in [2.75, 3.05) is 13.2 Å². The van der Waals surface area contributed by atoms with E-state index in [0.717, 1.165) is 4.47 Å². The van der Waals surface area contributed by atoms with E-state index in [1.54, 1.807) is 12.1 Å². The Bertz CT molecular complexity index is 458. The van der Waals surface area contributed by atoms with Gasteiger partial charge < -0.3 is 10.1 Å². The molecule has 0 spiro atoms. The summed E-state index contributed by atoms with van der Waals surface area (Å²) in [6.45, 7) is 1.09. The van der Waals surface area contributed by atoms with Gasteiger partial charge >= 0.3 is 0 Å². The number of hydrogen-bond donors (Lipinski definition) is 1. The Kier molecular flexibility index (Phi) is 3.91. The first kappa shape index (κ1) is 12.3. The van der Waals surface area contributed by atoms with Crippen LogP contribution >= 0.6 is 15.9 Å². The second-order valence-corrected chi connectivity index (χ2v) is 4.66. The molecule has 1 heterocycles. The number of halogens is 2. The number of benzene rings is 1. The van der Waals surface area contributed by atoms with E-state index in [1.165, 1.54) is 18.2 Å². The summed E-state index contributed by atoms with van der Waals surface area (Å²) in [5.41, 5.74) is 0.374. The maximum atomic E-state index is 13.3. The van der Waals surface area contributed by atoms with E-state index in [0.29, 0.717) is 18.8 Å². The monoisotopic (exact) mass is 299 g/mol. The van der Waals surface area contributed by atoms with Crippen molar-refractivity contribution in [2.45, 2.75) is 6.04 Å². The molecular formula is C12H11BrFNO2. The van der Waals surface area contributed by atoms with Crippen LogP contribution in [0.25, 0.3) is 6.08 Å². The Labute approximate surface area is 107 Å². The Morgan fingerprint density at radius 2 is 2.29 bits per heavy atom. The second-order valence-electron chi connectivity index (χ2n) is 3.74. The molecule has 1 amide bonds. The minimum Gasteiger partial charge on any atom is -0.377 e. The first-order chi connectivity index (χ1) is 8.15. The van der Waals surface area contributed by atoms with Crippen molar-refractivity contribution in [2.24, 2.45) is 0 Å². The zero-order valence-electron chi connectivity index (χ0n) is 8.95. The molecule has 0 radical (unpaired) electrons. The molecule has 17 heavy (non-hydrogen) atoms. The van der Waals surface area contributed by atoms with Gasteiger partial charge in [0.05, 0.1) is 19.3 Å². The highest BCUT2D eigenvalue weighted by Gasteiger charge is 2.18. The fraction of sp³-hybridized carbons (Fsp3) is 0.250. The SMILES string of the molecule is O=C(C=Cc1cc(Br)ccc1F)NC1COC1. The van der Waals surface area contributed by atoms with Crippen LogP contribution in [0, 0.1) is 5.82 Å². The van der Waals surface area contributed by atoms with E-state index in [9.17, 15) is 9.18 Å². The van der Waals surface area contributed by atoms with Crippen LogP contribution < -0.4 is 5.32 Å². The standard InChI is InChI=1S/C12H11BrFNO2/c13-9-2-3-11(14)8(5-9)1-4-12(16)15-10-6-17-7-10/h1-5,10H,6-7H2,(H,15,16). The van der Waals surface area contributed by atoms with E-state index < -0.39 is 0 Å². The van der Waals surface area contributed by atoms with Crippen molar-refractivity contribution in [3.8, 4) is 0 Å². The van der Waals surface area contributed by atoms with Crippen LogP contribution in [0.1, 0.15) is 5.56 Å². The quantitative estimate of drug-likeness (QED) is 0.868. The summed E-state index contributed by atoms with van der Waals surface area (Å²) >= 11 is 3.25. The van der Waals surface area contributed by atoms with Crippen molar-refractivity contribution in [1.82, 2.24) is 5.32 Å². The number of amides is 1. The van der Waals surface area contributed by atoms with E-state index in [-0.39, 0.29) is 17.8 Å². The number of rotatable bonds is 3. The molecule has 0 saturated carbocycles. The third kappa shape index (κ3) is 3.38. The van der Waals surface area contributed by atoms with Crippen molar-refractivity contribution < 1.29 is 13.9 Å². The maximum Gasteiger partial charge on any atom is 0.244 e. The van der Waals surface area contributed by atoms with Gasteiger partial charge in [0.1, 0.15) is 5.82 Å². The minimum atomic E-state index is -0.357. The van der Waals surface area contributed by atoms with E-state index in [4.69, 9.17) is 4.74 Å². The summed E-state index contributed by atoms with van der Waals surface area (Å²) in [7, 11) is 0. The van der Waals surface area contributed by atoms with Crippen LogP contribution in [0.15, 0.2) is 28.7 Å². The molecule has 1 saturated heterocycles. The molecule has 1 aliphatic rings. The van der Waals surface area contributed by atoms with Crippen LogP contribution in [0.4, 0.5) is 4.39 Å². The molecule has 1 aliphatic heterocycles. The van der Waals surface area contributed by atoms with Gasteiger partial charge in [0.15, 0.2) is 0 Å². The topological polar surface area (TPSA) is 38.3 Å². The molecule has 90 valence electrons. The van der Waals surface area contributed by atoms with Gasteiger partial charge in [-0.1, -0.05) is 15.9 Å². The third-order valence-corrected chi connectivity index (χ3v) is 2.85. The summed E-state index contributed by atoms with van der Waals surface area (Å²) in [5.74, 6) is -0.595. The molecule has 1 aromatic carbocycles. The first-order valence-corrected chi connectivity index (χ1v) is 5.96. The lowest BCUT2D eigenvalue weighted by atomic mass is 10.2. The number of nitrogens with one attached hydrogen (secondary N) is 1. The molecular weight excluding hydrogens is 289 g/mol. The average Bonchev–Trinajstić information content (AvgIpc) is 2.25. The van der Waals surface area contributed by atoms with Gasteiger partial charge in [-0.2, -0.15) is 0 Å². The molecule has 5 heteroatoms. The summed E-state index contributed by atoms with van der Waals surface area (Å²) in [5, 5.41) is 2.74. The fourth-order valence-electron chi connectivity index (χ4n) is 1.38. The Morgan fingerprint density at radius 1 is 1.53 bits per heavy atom. The highest BCUT2D eigenvalue weighted by molar-refractivity contribution is 9.10. The van der Waals surface area contributed by atoms with E-state index >= 15 is 0 Å². The lowest BCUT2D eigenvalue weighted by Gasteiger charge is -2.26. The predicted octanol–water partition coefficient (Wildman–Crippen LogP) is 2.12. The van der Waals surface area contributed by atoms with Crippen molar-refractivity contribution in [1.29, 1.82) is 0 Å². The largest absolute Gasteiger partial charge is 0.377 e. The Balaban J connectivity index is 1.98. The summed E-state index contributed by atoms with van der Waals surface area (Å²) in [4.78, 5) is 11.4. The molecule has 1 N–H and O–H groups in total. The van der Waals surface area contributed by atoms with Crippen molar-refractivity contribution in [3.63, 3.8) is 0 Å². The Morgan fingerprint density at radius 3 is 2.94 bits per heavy atom. The summed E-state index contributed by atoms with van der Waals surface area (Å²) in [6, 6.07) is 4.66. The molecule has 3 nitrogen and oxygen atoms in total. The minimum absolute atomic E-state index is 0.0829. The summed E-state index contributed by atoms with van der Waals surface area (Å²) in [6.07, 6.45) is 2.78.